The molecule has 9 nitrogen and oxygen atoms in total. The summed E-state index contributed by atoms with van der Waals surface area (Å²) < 4.78 is 22.0. The Balaban J connectivity index is 1.42. The third-order valence-corrected chi connectivity index (χ3v) is 6.31. The zero-order chi connectivity index (χ0) is 23.2. The van der Waals surface area contributed by atoms with Gasteiger partial charge in [0.15, 0.2) is 24.1 Å². The molecule has 1 saturated heterocycles. The summed E-state index contributed by atoms with van der Waals surface area (Å²) in [4.78, 5) is 26.0. The summed E-state index contributed by atoms with van der Waals surface area (Å²) in [6, 6.07) is 20.8. The zero-order valence-corrected chi connectivity index (χ0v) is 18.5. The highest BCUT2D eigenvalue weighted by atomic mass is 32.1. The first-order valence-electron chi connectivity index (χ1n) is 10.7. The van der Waals surface area contributed by atoms with Crippen LogP contribution in [-0.2, 0) is 20.8 Å². The number of benzene rings is 2. The molecule has 2 aliphatic heterocycles. The molecule has 2 aromatic heterocycles. The van der Waals surface area contributed by atoms with Gasteiger partial charge in [-0.1, -0.05) is 53.8 Å². The Labute approximate surface area is 198 Å². The van der Waals surface area contributed by atoms with Crippen LogP contribution in [0, 0.1) is 4.64 Å². The van der Waals surface area contributed by atoms with E-state index >= 15 is 0 Å². The maximum Gasteiger partial charge on any atom is 0.338 e. The van der Waals surface area contributed by atoms with Crippen molar-refractivity contribution in [2.24, 2.45) is 0 Å². The quantitative estimate of drug-likeness (QED) is 0.328. The highest BCUT2D eigenvalue weighted by Crippen LogP contribution is 2.39. The molecule has 2 bridgehead atoms. The average Bonchev–Trinajstić information content (AvgIpc) is 3.35. The SMILES string of the molecule is O=C(OC1C(OC(=O)c2ccccc2)[C@@H]2O[C@@H]1Cn1nnc3ccc(=S)n2c31)c1ccccc1. The van der Waals surface area contributed by atoms with Crippen molar-refractivity contribution in [2.75, 3.05) is 0 Å². The number of nitrogens with zero attached hydrogens (tertiary/aromatic N) is 4. The van der Waals surface area contributed by atoms with E-state index in [4.69, 9.17) is 26.4 Å². The Morgan fingerprint density at radius 3 is 2.15 bits per heavy atom. The fraction of sp³-hybridized carbons (Fsp3) is 0.208. The molecule has 2 unspecified atom stereocenters. The molecule has 4 heterocycles. The molecule has 0 saturated carbocycles. The van der Waals surface area contributed by atoms with E-state index in [1.807, 2.05) is 12.1 Å². The zero-order valence-electron chi connectivity index (χ0n) is 17.7. The van der Waals surface area contributed by atoms with Crippen molar-refractivity contribution in [3.8, 4) is 0 Å². The Hall–Kier alpha value is -3.89. The van der Waals surface area contributed by atoms with Gasteiger partial charge < -0.3 is 14.2 Å². The van der Waals surface area contributed by atoms with Crippen LogP contribution in [0.2, 0.25) is 0 Å². The Morgan fingerprint density at radius 2 is 1.50 bits per heavy atom. The second-order valence-electron chi connectivity index (χ2n) is 8.06. The van der Waals surface area contributed by atoms with Crippen molar-refractivity contribution in [1.82, 2.24) is 19.6 Å². The highest BCUT2D eigenvalue weighted by molar-refractivity contribution is 7.71. The van der Waals surface area contributed by atoms with Crippen LogP contribution in [-0.4, -0.2) is 49.8 Å². The van der Waals surface area contributed by atoms with E-state index in [2.05, 4.69) is 10.3 Å². The van der Waals surface area contributed by atoms with Gasteiger partial charge in [-0.3, -0.25) is 4.57 Å². The normalized spacial score (nSPS) is 22.8. The molecule has 4 aromatic rings. The lowest BCUT2D eigenvalue weighted by molar-refractivity contribution is -0.0479. The molecule has 170 valence electrons. The number of ether oxygens (including phenoxy) is 3. The van der Waals surface area contributed by atoms with Gasteiger partial charge in [0.2, 0.25) is 0 Å². The second kappa shape index (κ2) is 8.15. The molecule has 34 heavy (non-hydrogen) atoms. The van der Waals surface area contributed by atoms with E-state index < -0.39 is 36.5 Å². The molecule has 0 radical (unpaired) electrons. The Kier molecular flexibility index (Phi) is 4.96. The second-order valence-corrected chi connectivity index (χ2v) is 8.48. The number of hydrogen-bond donors (Lipinski definition) is 0. The first-order chi connectivity index (χ1) is 16.6. The lowest BCUT2D eigenvalue weighted by atomic mass is 10.1. The topological polar surface area (TPSA) is 97.5 Å². The number of pyridine rings is 1. The van der Waals surface area contributed by atoms with Gasteiger partial charge in [-0.2, -0.15) is 0 Å². The van der Waals surface area contributed by atoms with Crippen LogP contribution < -0.4 is 0 Å². The fourth-order valence-electron chi connectivity index (χ4n) is 4.41. The largest absolute Gasteiger partial charge is 0.452 e. The lowest BCUT2D eigenvalue weighted by Crippen LogP contribution is -2.42. The van der Waals surface area contributed by atoms with Crippen LogP contribution in [0.5, 0.6) is 0 Å². The number of carbonyl (C=O) groups excluding carboxylic acids is 2. The Bertz CT molecular complexity index is 1450. The smallest absolute Gasteiger partial charge is 0.338 e. The van der Waals surface area contributed by atoms with Crippen LogP contribution in [0.4, 0.5) is 0 Å². The van der Waals surface area contributed by atoms with Crippen molar-refractivity contribution < 1.29 is 23.8 Å². The van der Waals surface area contributed by atoms with Crippen molar-refractivity contribution in [3.05, 3.63) is 88.6 Å². The van der Waals surface area contributed by atoms with E-state index in [1.165, 1.54) is 0 Å². The fourth-order valence-corrected chi connectivity index (χ4v) is 4.67. The Morgan fingerprint density at radius 1 is 0.882 bits per heavy atom. The van der Waals surface area contributed by atoms with Crippen LogP contribution in [0.1, 0.15) is 26.9 Å². The summed E-state index contributed by atoms with van der Waals surface area (Å²) in [6.07, 6.45) is -3.28. The van der Waals surface area contributed by atoms with Gasteiger partial charge >= 0.3 is 11.9 Å². The summed E-state index contributed by atoms with van der Waals surface area (Å²) in [5.41, 5.74) is 2.06. The molecule has 1 fully saturated rings. The molecule has 10 heteroatoms. The minimum absolute atomic E-state index is 0.248. The van der Waals surface area contributed by atoms with E-state index in [9.17, 15) is 9.59 Å². The van der Waals surface area contributed by atoms with Crippen molar-refractivity contribution >= 4 is 35.3 Å². The molecule has 2 aromatic carbocycles. The van der Waals surface area contributed by atoms with E-state index in [-0.39, 0.29) is 6.54 Å². The predicted molar refractivity (Wildman–Crippen MR) is 122 cm³/mol. The maximum atomic E-state index is 13.0. The summed E-state index contributed by atoms with van der Waals surface area (Å²) in [5, 5.41) is 8.43. The monoisotopic (exact) mass is 474 g/mol. The summed E-state index contributed by atoms with van der Waals surface area (Å²) in [7, 11) is 0. The molecule has 0 spiro atoms. The number of esters is 2. The summed E-state index contributed by atoms with van der Waals surface area (Å²) >= 11 is 5.59. The number of aromatic nitrogens is 4. The number of hydrogen-bond acceptors (Lipinski definition) is 8. The van der Waals surface area contributed by atoms with E-state index in [0.717, 1.165) is 0 Å². The molecular formula is C24H18N4O5S. The summed E-state index contributed by atoms with van der Waals surface area (Å²) in [5.74, 6) is -1.09. The molecule has 0 N–H and O–H groups in total. The number of rotatable bonds is 4. The highest BCUT2D eigenvalue weighted by Gasteiger charge is 2.53. The minimum Gasteiger partial charge on any atom is -0.452 e. The number of fused-ring (bicyclic) bond motifs is 3. The molecule has 2 aliphatic rings. The van der Waals surface area contributed by atoms with Crippen LogP contribution in [0.25, 0.3) is 11.2 Å². The standard InChI is InChI=1S/C24H18N4O5S/c29-23(14-7-3-1-4-8-14)32-19-17-13-27-21-16(25-26-27)11-12-18(34)28(21)22(31-17)20(19)33-24(30)15-9-5-2-6-10-15/h1-12,17,19-20,22H,13H2/t17-,19?,20?,22+/m1/s1. The van der Waals surface area contributed by atoms with Crippen molar-refractivity contribution in [1.29, 1.82) is 0 Å². The first kappa shape index (κ1) is 20.7. The van der Waals surface area contributed by atoms with Gasteiger partial charge in [0.25, 0.3) is 0 Å². The van der Waals surface area contributed by atoms with Gasteiger partial charge in [-0.15, -0.1) is 5.10 Å². The minimum atomic E-state index is -0.939. The first-order valence-corrected chi connectivity index (χ1v) is 11.1. The van der Waals surface area contributed by atoms with Crippen LogP contribution >= 0.6 is 12.2 Å². The number of carbonyl (C=O) groups is 2. The van der Waals surface area contributed by atoms with Crippen molar-refractivity contribution in [2.45, 2.75) is 31.1 Å². The van der Waals surface area contributed by atoms with Gasteiger partial charge in [0, 0.05) is 0 Å². The molecule has 0 amide bonds. The van der Waals surface area contributed by atoms with Crippen LogP contribution in [0.3, 0.4) is 0 Å². The predicted octanol–water partition coefficient (Wildman–Crippen LogP) is 3.32. The third-order valence-electron chi connectivity index (χ3n) is 5.98. The van der Waals surface area contributed by atoms with Gasteiger partial charge in [-0.05, 0) is 36.4 Å². The third kappa shape index (κ3) is 3.39. The molecular weight excluding hydrogens is 456 g/mol. The van der Waals surface area contributed by atoms with Crippen LogP contribution in [0.15, 0.2) is 72.8 Å². The van der Waals surface area contributed by atoms with Gasteiger partial charge in [-0.25, -0.2) is 14.3 Å². The lowest BCUT2D eigenvalue weighted by Gasteiger charge is -2.27. The molecule has 0 aliphatic carbocycles. The molecule has 4 atom stereocenters. The summed E-state index contributed by atoms with van der Waals surface area (Å²) in [6.45, 7) is 0.248. The van der Waals surface area contributed by atoms with Gasteiger partial charge in [0.05, 0.1) is 17.7 Å². The van der Waals surface area contributed by atoms with E-state index in [1.54, 1.807) is 69.9 Å². The van der Waals surface area contributed by atoms with Gasteiger partial charge in [0.1, 0.15) is 16.3 Å². The van der Waals surface area contributed by atoms with Crippen molar-refractivity contribution in [3.63, 3.8) is 0 Å². The van der Waals surface area contributed by atoms with E-state index in [0.29, 0.717) is 26.9 Å². The molecule has 6 rings (SSSR count). The average molecular weight is 474 g/mol. The maximum absolute atomic E-state index is 13.0.